The molecule has 0 spiro atoms. The quantitative estimate of drug-likeness (QED) is 0.598. The second-order valence-electron chi connectivity index (χ2n) is 4.76. The molecule has 2 aromatic rings. The van der Waals surface area contributed by atoms with Gasteiger partial charge < -0.3 is 19.5 Å². The number of benzene rings is 2. The van der Waals surface area contributed by atoms with Gasteiger partial charge in [0.2, 0.25) is 0 Å². The number of hydrogen-bond acceptors (Lipinski definition) is 4. The van der Waals surface area contributed by atoms with Crippen molar-refractivity contribution in [3.05, 3.63) is 54.1 Å². The van der Waals surface area contributed by atoms with Gasteiger partial charge in [-0.2, -0.15) is 0 Å². The minimum Gasteiger partial charge on any atom is -0.493 e. The Morgan fingerprint density at radius 1 is 0.905 bits per heavy atom. The van der Waals surface area contributed by atoms with E-state index in [-0.39, 0.29) is 0 Å². The summed E-state index contributed by atoms with van der Waals surface area (Å²) < 4.78 is 11.2. The third kappa shape index (κ3) is 4.81. The van der Waals surface area contributed by atoms with Crippen LogP contribution in [0.25, 0.3) is 0 Å². The molecule has 21 heavy (non-hydrogen) atoms. The molecule has 2 N–H and O–H groups in total. The van der Waals surface area contributed by atoms with Gasteiger partial charge in [-0.15, -0.1) is 0 Å². The Morgan fingerprint density at radius 3 is 2.19 bits per heavy atom. The molecule has 0 atom stereocenters. The summed E-state index contributed by atoms with van der Waals surface area (Å²) in [6.45, 7) is 2.96. The van der Waals surface area contributed by atoms with E-state index in [0.29, 0.717) is 18.7 Å². The molecule has 0 unspecified atom stereocenters. The molecule has 0 bridgehead atoms. The zero-order valence-electron chi connectivity index (χ0n) is 12.0. The van der Waals surface area contributed by atoms with Gasteiger partial charge in [0.05, 0.1) is 13.2 Å². The number of rotatable bonds is 7. The third-order valence-electron chi connectivity index (χ3n) is 3.09. The van der Waals surface area contributed by atoms with E-state index < -0.39 is 7.12 Å². The number of aryl methyl sites for hydroxylation is 1. The van der Waals surface area contributed by atoms with Crippen molar-refractivity contribution in [2.24, 2.45) is 0 Å². The molecule has 110 valence electrons. The molecular weight excluding hydrogens is 267 g/mol. The highest BCUT2D eigenvalue weighted by molar-refractivity contribution is 6.59. The van der Waals surface area contributed by atoms with Crippen LogP contribution in [0.3, 0.4) is 0 Å². The molecule has 0 amide bonds. The molecule has 0 heterocycles. The molecule has 0 aliphatic rings. The minimum atomic E-state index is -1.45. The van der Waals surface area contributed by atoms with Crippen molar-refractivity contribution >= 4 is 12.6 Å². The van der Waals surface area contributed by atoms with Gasteiger partial charge in [-0.1, -0.05) is 24.3 Å². The van der Waals surface area contributed by atoms with Crippen LogP contribution in [0.1, 0.15) is 12.0 Å². The molecule has 0 aromatic heterocycles. The lowest BCUT2D eigenvalue weighted by atomic mass is 9.77. The summed E-state index contributed by atoms with van der Waals surface area (Å²) in [6, 6.07) is 14.9. The summed E-state index contributed by atoms with van der Waals surface area (Å²) in [5, 5.41) is 18.3. The lowest BCUT2D eigenvalue weighted by Gasteiger charge is -2.10. The van der Waals surface area contributed by atoms with Crippen molar-refractivity contribution in [3.8, 4) is 11.5 Å². The highest BCUT2D eigenvalue weighted by Gasteiger charge is 2.13. The molecule has 0 fully saturated rings. The summed E-state index contributed by atoms with van der Waals surface area (Å²) in [5.74, 6) is 1.58. The van der Waals surface area contributed by atoms with E-state index >= 15 is 0 Å². The van der Waals surface area contributed by atoms with E-state index in [0.717, 1.165) is 23.5 Å². The van der Waals surface area contributed by atoms with Gasteiger partial charge in [0, 0.05) is 6.42 Å². The highest BCUT2D eigenvalue weighted by atomic mass is 16.5. The molecule has 0 saturated carbocycles. The number of ether oxygens (including phenoxy) is 2. The Morgan fingerprint density at radius 2 is 1.57 bits per heavy atom. The van der Waals surface area contributed by atoms with Crippen LogP contribution in [-0.4, -0.2) is 30.4 Å². The molecule has 0 radical (unpaired) electrons. The average Bonchev–Trinajstić information content (AvgIpc) is 2.47. The monoisotopic (exact) mass is 286 g/mol. The molecule has 0 aliphatic heterocycles. The summed E-state index contributed by atoms with van der Waals surface area (Å²) in [5.41, 5.74) is 1.29. The van der Waals surface area contributed by atoms with Crippen LogP contribution >= 0.6 is 0 Å². The molecule has 0 saturated heterocycles. The zero-order chi connectivity index (χ0) is 15.1. The van der Waals surface area contributed by atoms with Crippen molar-refractivity contribution in [3.63, 3.8) is 0 Å². The van der Waals surface area contributed by atoms with Gasteiger partial charge in [0.25, 0.3) is 0 Å². The van der Waals surface area contributed by atoms with Gasteiger partial charge in [0.1, 0.15) is 11.5 Å². The van der Waals surface area contributed by atoms with Crippen LogP contribution in [-0.2, 0) is 0 Å². The van der Waals surface area contributed by atoms with Crippen LogP contribution in [0.2, 0.25) is 0 Å². The average molecular weight is 286 g/mol. The van der Waals surface area contributed by atoms with Crippen molar-refractivity contribution < 1.29 is 19.5 Å². The second kappa shape index (κ2) is 7.71. The van der Waals surface area contributed by atoms with E-state index in [9.17, 15) is 0 Å². The summed E-state index contributed by atoms with van der Waals surface area (Å²) in [6.07, 6.45) is 0.776. The van der Waals surface area contributed by atoms with Crippen molar-refractivity contribution in [2.75, 3.05) is 13.2 Å². The zero-order valence-corrected chi connectivity index (χ0v) is 12.0. The van der Waals surface area contributed by atoms with E-state index in [1.165, 1.54) is 0 Å². The van der Waals surface area contributed by atoms with Crippen molar-refractivity contribution in [1.29, 1.82) is 0 Å². The number of hydrogen-bond donors (Lipinski definition) is 2. The maximum Gasteiger partial charge on any atom is 0.488 e. The first-order chi connectivity index (χ1) is 10.2. The highest BCUT2D eigenvalue weighted by Crippen LogP contribution is 2.12. The van der Waals surface area contributed by atoms with Crippen LogP contribution in [0.4, 0.5) is 0 Å². The van der Waals surface area contributed by atoms with Crippen LogP contribution < -0.4 is 14.9 Å². The molecule has 2 rings (SSSR count). The fourth-order valence-electron chi connectivity index (χ4n) is 1.98. The van der Waals surface area contributed by atoms with E-state index in [1.807, 2.05) is 37.3 Å². The van der Waals surface area contributed by atoms with Crippen LogP contribution in [0, 0.1) is 6.92 Å². The van der Waals surface area contributed by atoms with Crippen molar-refractivity contribution in [2.45, 2.75) is 13.3 Å². The first kappa shape index (κ1) is 15.4. The number of para-hydroxylation sites is 1. The summed E-state index contributed by atoms with van der Waals surface area (Å²) in [4.78, 5) is 0. The second-order valence-corrected chi connectivity index (χ2v) is 4.76. The SMILES string of the molecule is Cc1cc(OCCCOc2ccccc2)ccc1B(O)O. The van der Waals surface area contributed by atoms with E-state index in [4.69, 9.17) is 19.5 Å². The molecule has 5 heteroatoms. The van der Waals surface area contributed by atoms with Gasteiger partial charge in [-0.3, -0.25) is 0 Å². The standard InChI is InChI=1S/C16H19BO4/c1-13-12-15(8-9-16(13)17(18)19)21-11-5-10-20-14-6-3-2-4-7-14/h2-4,6-9,12,18-19H,5,10-11H2,1H3. The Labute approximate surface area is 125 Å². The normalized spacial score (nSPS) is 10.2. The molecule has 2 aromatic carbocycles. The summed E-state index contributed by atoms with van der Waals surface area (Å²) >= 11 is 0. The van der Waals surface area contributed by atoms with E-state index in [2.05, 4.69) is 0 Å². The first-order valence-electron chi connectivity index (χ1n) is 6.94. The third-order valence-corrected chi connectivity index (χ3v) is 3.09. The topological polar surface area (TPSA) is 58.9 Å². The smallest absolute Gasteiger partial charge is 0.488 e. The van der Waals surface area contributed by atoms with Gasteiger partial charge in [0.15, 0.2) is 0 Å². The molecular formula is C16H19BO4. The summed E-state index contributed by atoms with van der Waals surface area (Å²) in [7, 11) is -1.45. The molecule has 4 nitrogen and oxygen atoms in total. The van der Waals surface area contributed by atoms with Crippen LogP contribution in [0.15, 0.2) is 48.5 Å². The minimum absolute atomic E-state index is 0.495. The molecule has 0 aliphatic carbocycles. The fraction of sp³-hybridized carbons (Fsp3) is 0.250. The van der Waals surface area contributed by atoms with Crippen molar-refractivity contribution in [1.82, 2.24) is 0 Å². The Balaban J connectivity index is 1.72. The fourth-order valence-corrected chi connectivity index (χ4v) is 1.98. The van der Waals surface area contributed by atoms with Gasteiger partial charge >= 0.3 is 7.12 Å². The van der Waals surface area contributed by atoms with Crippen LogP contribution in [0.5, 0.6) is 11.5 Å². The lowest BCUT2D eigenvalue weighted by molar-refractivity contribution is 0.247. The Kier molecular flexibility index (Phi) is 5.66. The largest absolute Gasteiger partial charge is 0.493 e. The first-order valence-corrected chi connectivity index (χ1v) is 6.94. The Hall–Kier alpha value is -1.98. The maximum atomic E-state index is 9.15. The predicted octanol–water partition coefficient (Wildman–Crippen LogP) is 1.52. The van der Waals surface area contributed by atoms with E-state index in [1.54, 1.807) is 18.2 Å². The Bertz CT molecular complexity index is 557. The predicted molar refractivity (Wildman–Crippen MR) is 83.1 cm³/mol. The maximum absolute atomic E-state index is 9.15. The lowest BCUT2D eigenvalue weighted by Crippen LogP contribution is -2.31. The van der Waals surface area contributed by atoms with Gasteiger partial charge in [-0.25, -0.2) is 0 Å². The van der Waals surface area contributed by atoms with Gasteiger partial charge in [-0.05, 0) is 42.2 Å².